The maximum Gasteiger partial charge on any atom is 0.264 e. The van der Waals surface area contributed by atoms with Gasteiger partial charge in [-0.2, -0.15) is 0 Å². The van der Waals surface area contributed by atoms with Gasteiger partial charge in [0.05, 0.1) is 10.6 Å². The van der Waals surface area contributed by atoms with Crippen LogP contribution in [0.5, 0.6) is 0 Å². The molecule has 0 unspecified atom stereocenters. The second-order valence-corrected chi connectivity index (χ2v) is 12.3. The van der Waals surface area contributed by atoms with E-state index in [1.165, 1.54) is 29.2 Å². The smallest absolute Gasteiger partial charge is 0.264 e. The van der Waals surface area contributed by atoms with E-state index in [0.29, 0.717) is 24.1 Å². The monoisotopic (exact) mass is 581 g/mol. The molecule has 7 nitrogen and oxygen atoms in total. The molecule has 0 aliphatic heterocycles. The number of carbonyl (C=O) groups excluding carboxylic acids is 2. The first-order chi connectivity index (χ1) is 19.4. The van der Waals surface area contributed by atoms with Crippen LogP contribution in [0.1, 0.15) is 55.9 Å². The van der Waals surface area contributed by atoms with Gasteiger partial charge in [0.1, 0.15) is 18.4 Å². The molecule has 0 saturated carbocycles. The summed E-state index contributed by atoms with van der Waals surface area (Å²) in [5.41, 5.74) is 3.73. The second-order valence-electron chi connectivity index (χ2n) is 10.5. The summed E-state index contributed by atoms with van der Waals surface area (Å²) in [5, 5.41) is 2.95. The zero-order valence-corrected chi connectivity index (χ0v) is 25.5. The average Bonchev–Trinajstić information content (AvgIpc) is 2.94. The molecular weight excluding hydrogens is 541 g/mol. The van der Waals surface area contributed by atoms with Gasteiger partial charge >= 0.3 is 0 Å². The third-order valence-electron chi connectivity index (χ3n) is 7.32. The van der Waals surface area contributed by atoms with Crippen LogP contribution in [0.25, 0.3) is 0 Å². The topological polar surface area (TPSA) is 86.8 Å². The van der Waals surface area contributed by atoms with Crippen LogP contribution in [0.3, 0.4) is 0 Å². The molecule has 0 spiro atoms. The van der Waals surface area contributed by atoms with E-state index in [2.05, 4.69) is 5.32 Å². The van der Waals surface area contributed by atoms with Crippen molar-refractivity contribution in [2.75, 3.05) is 10.8 Å². The maximum atomic E-state index is 14.1. The molecule has 2 atom stereocenters. The van der Waals surface area contributed by atoms with Crippen LogP contribution in [0, 0.1) is 26.6 Å². The van der Waals surface area contributed by atoms with Gasteiger partial charge in [0.2, 0.25) is 11.8 Å². The molecule has 3 aromatic rings. The zero-order valence-electron chi connectivity index (χ0n) is 24.6. The summed E-state index contributed by atoms with van der Waals surface area (Å²) >= 11 is 0. The van der Waals surface area contributed by atoms with Gasteiger partial charge in [-0.15, -0.1) is 0 Å². The maximum absolute atomic E-state index is 14.1. The second kappa shape index (κ2) is 13.8. The van der Waals surface area contributed by atoms with E-state index in [-0.39, 0.29) is 23.4 Å². The number of sulfonamides is 1. The van der Waals surface area contributed by atoms with E-state index < -0.39 is 34.3 Å². The van der Waals surface area contributed by atoms with Crippen molar-refractivity contribution in [2.45, 2.75) is 77.9 Å². The van der Waals surface area contributed by atoms with Gasteiger partial charge in [0.25, 0.3) is 10.0 Å². The Hall–Kier alpha value is -3.72. The highest BCUT2D eigenvalue weighted by molar-refractivity contribution is 7.92. The largest absolute Gasteiger partial charge is 0.352 e. The van der Waals surface area contributed by atoms with Crippen LogP contribution < -0.4 is 9.62 Å². The molecule has 0 aromatic heterocycles. The van der Waals surface area contributed by atoms with Gasteiger partial charge in [-0.3, -0.25) is 13.9 Å². The minimum Gasteiger partial charge on any atom is -0.352 e. The molecule has 0 aliphatic rings. The molecule has 0 fully saturated rings. The predicted octanol–water partition coefficient (Wildman–Crippen LogP) is 5.67. The van der Waals surface area contributed by atoms with E-state index in [0.717, 1.165) is 21.0 Å². The van der Waals surface area contributed by atoms with Crippen LogP contribution in [0.2, 0.25) is 0 Å². The number of amides is 2. The highest BCUT2D eigenvalue weighted by Crippen LogP contribution is 2.27. The molecule has 0 aliphatic carbocycles. The van der Waals surface area contributed by atoms with Crippen LogP contribution in [-0.2, 0) is 26.2 Å². The van der Waals surface area contributed by atoms with Gasteiger partial charge in [0.15, 0.2) is 0 Å². The predicted molar refractivity (Wildman–Crippen MR) is 161 cm³/mol. The first-order valence-electron chi connectivity index (χ1n) is 13.9. The Morgan fingerprint density at radius 1 is 0.878 bits per heavy atom. The molecule has 2 amide bonds. The summed E-state index contributed by atoms with van der Waals surface area (Å²) in [5.74, 6) is -1.29. The van der Waals surface area contributed by atoms with E-state index in [1.54, 1.807) is 43.3 Å². The summed E-state index contributed by atoms with van der Waals surface area (Å²) in [6, 6.07) is 16.4. The Balaban J connectivity index is 2.08. The standard InChI is InChI=1S/C32H40FN3O4S/c1-7-25(6)34-32(38)30(8-2)35(20-26-12-14-27(33)15-13-26)31(37)21-36(28-16-11-23(4)24(5)19-28)41(39,40)29-17-9-22(3)10-18-29/h9-19,25,30H,7-8,20-21H2,1-6H3,(H,34,38)/t25-,30-/m1/s1. The van der Waals surface area contributed by atoms with E-state index in [4.69, 9.17) is 0 Å². The van der Waals surface area contributed by atoms with Crippen molar-refractivity contribution in [1.29, 1.82) is 0 Å². The Morgan fingerprint density at radius 3 is 2.07 bits per heavy atom. The van der Waals surface area contributed by atoms with Crippen LogP contribution in [-0.4, -0.2) is 43.8 Å². The average molecular weight is 582 g/mol. The normalized spacial score (nSPS) is 12.9. The molecular formula is C32H40FN3O4S. The van der Waals surface area contributed by atoms with Crippen molar-refractivity contribution < 1.29 is 22.4 Å². The fraction of sp³-hybridized carbons (Fsp3) is 0.375. The van der Waals surface area contributed by atoms with Crippen molar-refractivity contribution in [3.8, 4) is 0 Å². The third kappa shape index (κ3) is 7.94. The van der Waals surface area contributed by atoms with Crippen LogP contribution >= 0.6 is 0 Å². The van der Waals surface area contributed by atoms with E-state index >= 15 is 0 Å². The number of carbonyl (C=O) groups is 2. The van der Waals surface area contributed by atoms with Gasteiger partial charge in [0, 0.05) is 12.6 Å². The summed E-state index contributed by atoms with van der Waals surface area (Å²) in [6.45, 7) is 10.8. The first kappa shape index (κ1) is 31.8. The minimum absolute atomic E-state index is 0.0108. The third-order valence-corrected chi connectivity index (χ3v) is 9.11. The lowest BCUT2D eigenvalue weighted by Crippen LogP contribution is -2.53. The lowest BCUT2D eigenvalue weighted by atomic mass is 10.1. The van der Waals surface area contributed by atoms with Crippen molar-refractivity contribution in [2.24, 2.45) is 0 Å². The van der Waals surface area contributed by atoms with Crippen LogP contribution in [0.15, 0.2) is 71.6 Å². The Labute approximate surface area is 243 Å². The fourth-order valence-electron chi connectivity index (χ4n) is 4.39. The molecule has 41 heavy (non-hydrogen) atoms. The number of nitrogens with zero attached hydrogens (tertiary/aromatic N) is 2. The van der Waals surface area contributed by atoms with Gasteiger partial charge in [-0.1, -0.05) is 49.7 Å². The summed E-state index contributed by atoms with van der Waals surface area (Å²) in [4.78, 5) is 28.9. The lowest BCUT2D eigenvalue weighted by Gasteiger charge is -2.34. The number of rotatable bonds is 12. The van der Waals surface area contributed by atoms with Crippen molar-refractivity contribution in [1.82, 2.24) is 10.2 Å². The number of halogens is 1. The first-order valence-corrected chi connectivity index (χ1v) is 15.3. The van der Waals surface area contributed by atoms with Gasteiger partial charge < -0.3 is 10.2 Å². The highest BCUT2D eigenvalue weighted by Gasteiger charge is 2.34. The molecule has 3 rings (SSSR count). The minimum atomic E-state index is -4.15. The van der Waals surface area contributed by atoms with Crippen molar-refractivity contribution >= 4 is 27.5 Å². The quantitative estimate of drug-likeness (QED) is 0.299. The summed E-state index contributed by atoms with van der Waals surface area (Å²) in [6.07, 6.45) is 1.02. The molecule has 9 heteroatoms. The number of benzene rings is 3. The van der Waals surface area contributed by atoms with E-state index in [1.807, 2.05) is 40.7 Å². The Kier molecular flexibility index (Phi) is 10.7. The Morgan fingerprint density at radius 2 is 1.51 bits per heavy atom. The van der Waals surface area contributed by atoms with Gasteiger partial charge in [-0.25, -0.2) is 12.8 Å². The molecule has 1 N–H and O–H groups in total. The summed E-state index contributed by atoms with van der Waals surface area (Å²) in [7, 11) is -4.15. The molecule has 0 saturated heterocycles. The van der Waals surface area contributed by atoms with E-state index in [9.17, 15) is 22.4 Å². The number of nitrogens with one attached hydrogen (secondary N) is 1. The number of anilines is 1. The lowest BCUT2D eigenvalue weighted by molar-refractivity contribution is -0.140. The highest BCUT2D eigenvalue weighted by atomic mass is 32.2. The fourth-order valence-corrected chi connectivity index (χ4v) is 5.80. The molecule has 220 valence electrons. The van der Waals surface area contributed by atoms with Gasteiger partial charge in [-0.05, 0) is 93.6 Å². The SMILES string of the molecule is CC[C@@H](C)NC(=O)[C@@H](CC)N(Cc1ccc(F)cc1)C(=O)CN(c1ccc(C)c(C)c1)S(=O)(=O)c1ccc(C)cc1. The van der Waals surface area contributed by atoms with Crippen molar-refractivity contribution in [3.63, 3.8) is 0 Å². The molecule has 0 heterocycles. The summed E-state index contributed by atoms with van der Waals surface area (Å²) < 4.78 is 42.7. The number of hydrogen-bond donors (Lipinski definition) is 1. The number of hydrogen-bond acceptors (Lipinski definition) is 4. The zero-order chi connectivity index (χ0) is 30.3. The number of aryl methyl sites for hydroxylation is 3. The molecule has 0 radical (unpaired) electrons. The molecule has 3 aromatic carbocycles. The van der Waals surface area contributed by atoms with Crippen molar-refractivity contribution in [3.05, 3.63) is 94.8 Å². The molecule has 0 bridgehead atoms. The van der Waals surface area contributed by atoms with Crippen LogP contribution in [0.4, 0.5) is 10.1 Å². The Bertz CT molecular complexity index is 1460.